The van der Waals surface area contributed by atoms with Crippen LogP contribution in [-0.2, 0) is 11.3 Å². The van der Waals surface area contributed by atoms with Gasteiger partial charge in [0.05, 0.1) is 18.3 Å². The number of nitrogens with one attached hydrogen (secondary N) is 1. The topological polar surface area (TPSA) is 68.0 Å². The van der Waals surface area contributed by atoms with Gasteiger partial charge < -0.3 is 11.1 Å². The van der Waals surface area contributed by atoms with Crippen molar-refractivity contribution in [1.29, 1.82) is 0 Å². The van der Waals surface area contributed by atoms with Gasteiger partial charge in [-0.05, 0) is 25.0 Å². The molecule has 15 heavy (non-hydrogen) atoms. The van der Waals surface area contributed by atoms with Crippen molar-refractivity contribution in [2.75, 3.05) is 0 Å². The maximum atomic E-state index is 11.4. The second-order valence-corrected chi connectivity index (χ2v) is 3.50. The highest BCUT2D eigenvalue weighted by Gasteiger charge is 2.10. The van der Waals surface area contributed by atoms with Crippen LogP contribution in [0.5, 0.6) is 0 Å². The van der Waals surface area contributed by atoms with Crippen LogP contribution in [0.3, 0.4) is 0 Å². The lowest BCUT2D eigenvalue weighted by molar-refractivity contribution is -0.122. The van der Waals surface area contributed by atoms with Crippen LogP contribution in [-0.4, -0.2) is 16.9 Å². The summed E-state index contributed by atoms with van der Waals surface area (Å²) >= 11 is 0. The lowest BCUT2D eigenvalue weighted by Gasteiger charge is -2.10. The molecule has 0 aromatic carbocycles. The molecule has 4 nitrogen and oxygen atoms in total. The molecule has 3 N–H and O–H groups in total. The molecule has 1 atom stereocenters. The number of aromatic nitrogens is 1. The van der Waals surface area contributed by atoms with E-state index >= 15 is 0 Å². The first-order valence-corrected chi connectivity index (χ1v) is 5.09. The summed E-state index contributed by atoms with van der Waals surface area (Å²) in [6, 6.07) is 3.42. The molecule has 0 aliphatic heterocycles. The van der Waals surface area contributed by atoms with Gasteiger partial charge in [0.1, 0.15) is 0 Å². The largest absolute Gasteiger partial charge is 0.349 e. The fourth-order valence-corrected chi connectivity index (χ4v) is 1.19. The third-order valence-electron chi connectivity index (χ3n) is 2.32. The number of amides is 1. The average molecular weight is 207 g/mol. The molecule has 1 unspecified atom stereocenters. The number of aryl methyl sites for hydroxylation is 1. The van der Waals surface area contributed by atoms with E-state index < -0.39 is 6.04 Å². The molecule has 0 saturated heterocycles. The quantitative estimate of drug-likeness (QED) is 0.765. The Balaban J connectivity index is 2.51. The SMILES string of the molecule is CCC(N)C(=O)NCc1ncccc1C. The molecule has 4 heteroatoms. The Morgan fingerprint density at radius 1 is 1.67 bits per heavy atom. The van der Waals surface area contributed by atoms with Gasteiger partial charge in [0.2, 0.25) is 5.91 Å². The fourth-order valence-electron chi connectivity index (χ4n) is 1.19. The summed E-state index contributed by atoms with van der Waals surface area (Å²) in [6.45, 7) is 4.30. The van der Waals surface area contributed by atoms with Crippen LogP contribution in [0.4, 0.5) is 0 Å². The lowest BCUT2D eigenvalue weighted by atomic mass is 10.2. The normalized spacial score (nSPS) is 12.2. The summed E-state index contributed by atoms with van der Waals surface area (Å²) in [5.41, 5.74) is 7.54. The average Bonchev–Trinajstić information content (AvgIpc) is 2.26. The Bertz CT molecular complexity index is 338. The molecule has 1 aromatic rings. The zero-order valence-electron chi connectivity index (χ0n) is 9.16. The predicted molar refractivity (Wildman–Crippen MR) is 59.1 cm³/mol. The van der Waals surface area contributed by atoms with Gasteiger partial charge in [0.25, 0.3) is 0 Å². The van der Waals surface area contributed by atoms with Gasteiger partial charge in [-0.15, -0.1) is 0 Å². The highest BCUT2D eigenvalue weighted by molar-refractivity contribution is 5.81. The molecule has 1 rings (SSSR count). The van der Waals surface area contributed by atoms with Crippen LogP contribution in [0.1, 0.15) is 24.6 Å². The highest BCUT2D eigenvalue weighted by atomic mass is 16.2. The van der Waals surface area contributed by atoms with Crippen LogP contribution in [0.15, 0.2) is 18.3 Å². The number of hydrogen-bond acceptors (Lipinski definition) is 3. The first-order valence-electron chi connectivity index (χ1n) is 5.09. The van der Waals surface area contributed by atoms with Gasteiger partial charge in [-0.1, -0.05) is 13.0 Å². The number of carbonyl (C=O) groups is 1. The van der Waals surface area contributed by atoms with E-state index in [9.17, 15) is 4.79 Å². The summed E-state index contributed by atoms with van der Waals surface area (Å²) < 4.78 is 0. The Labute approximate surface area is 89.9 Å². The third-order valence-corrected chi connectivity index (χ3v) is 2.32. The second-order valence-electron chi connectivity index (χ2n) is 3.50. The van der Waals surface area contributed by atoms with E-state index in [1.165, 1.54) is 0 Å². The van der Waals surface area contributed by atoms with Gasteiger partial charge in [-0.25, -0.2) is 0 Å². The number of hydrogen-bond donors (Lipinski definition) is 2. The van der Waals surface area contributed by atoms with Gasteiger partial charge in [-0.3, -0.25) is 9.78 Å². The first-order chi connectivity index (χ1) is 7.15. The number of pyridine rings is 1. The Morgan fingerprint density at radius 3 is 3.00 bits per heavy atom. The summed E-state index contributed by atoms with van der Waals surface area (Å²) in [7, 11) is 0. The number of nitrogens with zero attached hydrogens (tertiary/aromatic N) is 1. The minimum atomic E-state index is -0.422. The molecule has 1 amide bonds. The molecule has 0 bridgehead atoms. The van der Waals surface area contributed by atoms with Gasteiger partial charge in [-0.2, -0.15) is 0 Å². The van der Waals surface area contributed by atoms with Crippen molar-refractivity contribution in [3.63, 3.8) is 0 Å². The molecular weight excluding hydrogens is 190 g/mol. The molecule has 0 aliphatic rings. The number of nitrogens with two attached hydrogens (primary N) is 1. The maximum absolute atomic E-state index is 11.4. The van der Waals surface area contributed by atoms with Crippen molar-refractivity contribution in [1.82, 2.24) is 10.3 Å². The Morgan fingerprint density at radius 2 is 2.40 bits per heavy atom. The van der Waals surface area contributed by atoms with E-state index in [1.54, 1.807) is 6.20 Å². The molecule has 82 valence electrons. The van der Waals surface area contributed by atoms with Gasteiger partial charge in [0, 0.05) is 6.20 Å². The van der Waals surface area contributed by atoms with Crippen molar-refractivity contribution in [2.45, 2.75) is 32.9 Å². The standard InChI is InChI=1S/C11H17N3O/c1-3-9(12)11(15)14-7-10-8(2)5-4-6-13-10/h4-6,9H,3,7,12H2,1-2H3,(H,14,15). The van der Waals surface area contributed by atoms with Crippen LogP contribution in [0, 0.1) is 6.92 Å². The van der Waals surface area contributed by atoms with E-state index in [0.717, 1.165) is 11.3 Å². The van der Waals surface area contributed by atoms with Crippen molar-refractivity contribution in [3.8, 4) is 0 Å². The zero-order valence-corrected chi connectivity index (χ0v) is 9.16. The molecule has 0 spiro atoms. The Hall–Kier alpha value is -1.42. The van der Waals surface area contributed by atoms with Gasteiger partial charge in [0.15, 0.2) is 0 Å². The predicted octanol–water partition coefficient (Wildman–Crippen LogP) is 0.744. The van der Waals surface area contributed by atoms with E-state index in [4.69, 9.17) is 5.73 Å². The minimum Gasteiger partial charge on any atom is -0.349 e. The summed E-state index contributed by atoms with van der Waals surface area (Å²) in [4.78, 5) is 15.6. The van der Waals surface area contributed by atoms with Crippen LogP contribution in [0.25, 0.3) is 0 Å². The van der Waals surface area contributed by atoms with Gasteiger partial charge >= 0.3 is 0 Å². The van der Waals surface area contributed by atoms with Crippen molar-refractivity contribution in [3.05, 3.63) is 29.6 Å². The molecule has 0 radical (unpaired) electrons. The summed E-state index contributed by atoms with van der Waals surface area (Å²) in [5.74, 6) is -0.123. The van der Waals surface area contributed by atoms with E-state index in [0.29, 0.717) is 13.0 Å². The van der Waals surface area contributed by atoms with Crippen LogP contribution < -0.4 is 11.1 Å². The van der Waals surface area contributed by atoms with Crippen molar-refractivity contribution < 1.29 is 4.79 Å². The van der Waals surface area contributed by atoms with E-state index in [2.05, 4.69) is 10.3 Å². The monoisotopic (exact) mass is 207 g/mol. The molecule has 1 heterocycles. The van der Waals surface area contributed by atoms with Crippen molar-refractivity contribution in [2.24, 2.45) is 5.73 Å². The Kier molecular flexibility index (Phi) is 4.24. The lowest BCUT2D eigenvalue weighted by Crippen LogP contribution is -2.39. The molecule has 0 aliphatic carbocycles. The summed E-state index contributed by atoms with van der Waals surface area (Å²) in [6.07, 6.45) is 2.36. The number of carbonyl (C=O) groups excluding carboxylic acids is 1. The summed E-state index contributed by atoms with van der Waals surface area (Å²) in [5, 5.41) is 2.76. The smallest absolute Gasteiger partial charge is 0.237 e. The zero-order chi connectivity index (χ0) is 11.3. The second kappa shape index (κ2) is 5.46. The number of rotatable bonds is 4. The van der Waals surface area contributed by atoms with Crippen LogP contribution >= 0.6 is 0 Å². The molecule has 1 aromatic heterocycles. The third kappa shape index (κ3) is 3.32. The van der Waals surface area contributed by atoms with E-state index in [-0.39, 0.29) is 5.91 Å². The minimum absolute atomic E-state index is 0.123. The first kappa shape index (κ1) is 11.7. The molecular formula is C11H17N3O. The molecule has 0 saturated carbocycles. The maximum Gasteiger partial charge on any atom is 0.237 e. The fraction of sp³-hybridized carbons (Fsp3) is 0.455. The van der Waals surface area contributed by atoms with Crippen LogP contribution in [0.2, 0.25) is 0 Å². The highest BCUT2D eigenvalue weighted by Crippen LogP contribution is 2.02. The van der Waals surface area contributed by atoms with E-state index in [1.807, 2.05) is 26.0 Å². The molecule has 0 fully saturated rings. The van der Waals surface area contributed by atoms with Crippen molar-refractivity contribution >= 4 is 5.91 Å².